The summed E-state index contributed by atoms with van der Waals surface area (Å²) < 4.78 is 21.5. The van der Waals surface area contributed by atoms with E-state index in [9.17, 15) is 4.79 Å². The van der Waals surface area contributed by atoms with Crippen LogP contribution >= 0.6 is 11.3 Å². The van der Waals surface area contributed by atoms with E-state index in [1.54, 1.807) is 27.4 Å². The lowest BCUT2D eigenvalue weighted by Crippen LogP contribution is -2.07. The van der Waals surface area contributed by atoms with Gasteiger partial charge in [0.05, 0.1) is 33.6 Å². The molecule has 0 fully saturated rings. The average molecular weight is 441 g/mol. The molecule has 7 nitrogen and oxygen atoms in total. The topological polar surface area (TPSA) is 78.9 Å². The second-order valence-corrected chi connectivity index (χ2v) is 7.13. The summed E-state index contributed by atoms with van der Waals surface area (Å²) in [4.78, 5) is 16.8. The fourth-order valence-corrected chi connectivity index (χ4v) is 3.56. The summed E-state index contributed by atoms with van der Waals surface area (Å²) in [6, 6.07) is 11.0. The minimum Gasteiger partial charge on any atom is -0.497 e. The Morgan fingerprint density at radius 1 is 1.03 bits per heavy atom. The molecule has 162 valence electrons. The van der Waals surface area contributed by atoms with Gasteiger partial charge in [0.1, 0.15) is 11.5 Å². The first-order valence-corrected chi connectivity index (χ1v) is 10.4. The van der Waals surface area contributed by atoms with E-state index in [-0.39, 0.29) is 5.91 Å². The number of thiazole rings is 1. The minimum atomic E-state index is -0.286. The van der Waals surface area contributed by atoms with Crippen LogP contribution in [0.15, 0.2) is 47.9 Å². The fourth-order valence-electron chi connectivity index (χ4n) is 2.85. The van der Waals surface area contributed by atoms with Crippen molar-refractivity contribution >= 4 is 28.5 Å². The number of carbonyl (C=O) groups excluding carboxylic acids is 1. The molecule has 1 heterocycles. The van der Waals surface area contributed by atoms with E-state index < -0.39 is 0 Å². The Labute approximate surface area is 185 Å². The predicted octanol–water partition coefficient (Wildman–Crippen LogP) is 4.89. The number of hydrogen-bond donors (Lipinski definition) is 1. The summed E-state index contributed by atoms with van der Waals surface area (Å²) in [5, 5.41) is 5.12. The SMILES string of the molecule is CCOc1ccc(/C=C/C(=O)Nc2nc(-c3cc(OC)ccc3OC)cs2)cc1OC. The lowest BCUT2D eigenvalue weighted by atomic mass is 10.1. The number of hydrogen-bond acceptors (Lipinski definition) is 7. The molecule has 0 saturated heterocycles. The molecule has 8 heteroatoms. The van der Waals surface area contributed by atoms with E-state index in [4.69, 9.17) is 18.9 Å². The second-order valence-electron chi connectivity index (χ2n) is 6.27. The third-order valence-corrected chi connectivity index (χ3v) is 5.09. The van der Waals surface area contributed by atoms with Crippen molar-refractivity contribution in [2.24, 2.45) is 0 Å². The summed E-state index contributed by atoms with van der Waals surface area (Å²) in [6.07, 6.45) is 3.15. The Bertz CT molecular complexity index is 1080. The van der Waals surface area contributed by atoms with Crippen LogP contribution in [0.1, 0.15) is 12.5 Å². The molecule has 2 aromatic carbocycles. The number of ether oxygens (including phenoxy) is 4. The maximum atomic E-state index is 12.3. The molecule has 0 spiro atoms. The van der Waals surface area contributed by atoms with Gasteiger partial charge < -0.3 is 18.9 Å². The zero-order chi connectivity index (χ0) is 22.2. The van der Waals surface area contributed by atoms with Crippen molar-refractivity contribution in [1.82, 2.24) is 4.98 Å². The standard InChI is InChI=1S/C23H24N2O5S/c1-5-30-20-9-6-15(12-21(20)29-4)7-11-22(26)25-23-24-18(14-31-23)17-13-16(27-2)8-10-19(17)28-3/h6-14H,5H2,1-4H3,(H,24,25,26)/b11-7+. The van der Waals surface area contributed by atoms with Gasteiger partial charge in [-0.25, -0.2) is 4.98 Å². The quantitative estimate of drug-likeness (QED) is 0.478. The molecule has 1 amide bonds. The number of amides is 1. The van der Waals surface area contributed by atoms with Gasteiger partial charge in [-0.3, -0.25) is 10.1 Å². The van der Waals surface area contributed by atoms with Crippen molar-refractivity contribution in [2.75, 3.05) is 33.3 Å². The lowest BCUT2D eigenvalue weighted by Gasteiger charge is -2.09. The van der Waals surface area contributed by atoms with Crippen molar-refractivity contribution in [1.29, 1.82) is 0 Å². The smallest absolute Gasteiger partial charge is 0.250 e. The van der Waals surface area contributed by atoms with Gasteiger partial charge in [-0.1, -0.05) is 6.07 Å². The van der Waals surface area contributed by atoms with E-state index in [0.29, 0.717) is 40.4 Å². The Hall–Kier alpha value is -3.52. The molecule has 1 aromatic heterocycles. The van der Waals surface area contributed by atoms with Crippen LogP contribution in [-0.2, 0) is 4.79 Å². The van der Waals surface area contributed by atoms with Gasteiger partial charge in [0.25, 0.3) is 0 Å². The second kappa shape index (κ2) is 10.5. The highest BCUT2D eigenvalue weighted by Gasteiger charge is 2.12. The highest BCUT2D eigenvalue weighted by atomic mass is 32.1. The van der Waals surface area contributed by atoms with Crippen LogP contribution in [0.25, 0.3) is 17.3 Å². The Morgan fingerprint density at radius 3 is 2.52 bits per heavy atom. The van der Waals surface area contributed by atoms with E-state index in [1.165, 1.54) is 17.4 Å². The summed E-state index contributed by atoms with van der Waals surface area (Å²) in [6.45, 7) is 2.46. The van der Waals surface area contributed by atoms with E-state index >= 15 is 0 Å². The lowest BCUT2D eigenvalue weighted by molar-refractivity contribution is -0.111. The van der Waals surface area contributed by atoms with Crippen molar-refractivity contribution in [3.8, 4) is 34.3 Å². The summed E-state index contributed by atoms with van der Waals surface area (Å²) >= 11 is 1.33. The number of aromatic nitrogens is 1. The molecule has 3 aromatic rings. The molecule has 0 aliphatic carbocycles. The van der Waals surface area contributed by atoms with Crippen molar-refractivity contribution in [3.63, 3.8) is 0 Å². The van der Waals surface area contributed by atoms with Gasteiger partial charge in [0.2, 0.25) is 5.91 Å². The number of nitrogens with zero attached hydrogens (tertiary/aromatic N) is 1. The van der Waals surface area contributed by atoms with Gasteiger partial charge in [-0.15, -0.1) is 11.3 Å². The van der Waals surface area contributed by atoms with Crippen LogP contribution < -0.4 is 24.3 Å². The summed E-state index contributed by atoms with van der Waals surface area (Å²) in [7, 11) is 4.78. The van der Waals surface area contributed by atoms with Crippen LogP contribution in [-0.4, -0.2) is 38.8 Å². The number of nitrogens with one attached hydrogen (secondary N) is 1. The van der Waals surface area contributed by atoms with Crippen LogP contribution in [0, 0.1) is 0 Å². The fraction of sp³-hybridized carbons (Fsp3) is 0.217. The molecule has 0 bridgehead atoms. The highest BCUT2D eigenvalue weighted by molar-refractivity contribution is 7.14. The zero-order valence-corrected chi connectivity index (χ0v) is 18.6. The monoisotopic (exact) mass is 440 g/mol. The number of anilines is 1. The average Bonchev–Trinajstić information content (AvgIpc) is 3.26. The number of benzene rings is 2. The molecule has 31 heavy (non-hydrogen) atoms. The molecule has 0 unspecified atom stereocenters. The molecule has 0 atom stereocenters. The van der Waals surface area contributed by atoms with E-state index in [2.05, 4.69) is 10.3 Å². The van der Waals surface area contributed by atoms with Crippen molar-refractivity contribution in [3.05, 3.63) is 53.4 Å². The molecular weight excluding hydrogens is 416 g/mol. The predicted molar refractivity (Wildman–Crippen MR) is 122 cm³/mol. The highest BCUT2D eigenvalue weighted by Crippen LogP contribution is 2.35. The first-order valence-electron chi connectivity index (χ1n) is 9.55. The third kappa shape index (κ3) is 5.55. The van der Waals surface area contributed by atoms with Gasteiger partial charge in [0.15, 0.2) is 16.6 Å². The number of carbonyl (C=O) groups is 1. The van der Waals surface area contributed by atoms with Crippen molar-refractivity contribution in [2.45, 2.75) is 6.92 Å². The molecule has 0 aliphatic heterocycles. The van der Waals surface area contributed by atoms with Gasteiger partial charge in [-0.05, 0) is 48.9 Å². The Morgan fingerprint density at radius 2 is 1.81 bits per heavy atom. The van der Waals surface area contributed by atoms with E-state index in [0.717, 1.165) is 11.1 Å². The Kier molecular flexibility index (Phi) is 7.50. The van der Waals surface area contributed by atoms with Crippen LogP contribution in [0.2, 0.25) is 0 Å². The Balaban J connectivity index is 1.71. The molecule has 3 rings (SSSR count). The first-order chi connectivity index (χ1) is 15.1. The number of methoxy groups -OCH3 is 3. The maximum Gasteiger partial charge on any atom is 0.250 e. The van der Waals surface area contributed by atoms with Crippen molar-refractivity contribution < 1.29 is 23.7 Å². The summed E-state index contributed by atoms with van der Waals surface area (Å²) in [5.41, 5.74) is 2.29. The largest absolute Gasteiger partial charge is 0.497 e. The molecule has 0 radical (unpaired) electrons. The number of rotatable bonds is 9. The van der Waals surface area contributed by atoms with Crippen LogP contribution in [0.5, 0.6) is 23.0 Å². The third-order valence-electron chi connectivity index (χ3n) is 4.33. The molecule has 0 saturated carbocycles. The van der Waals surface area contributed by atoms with Crippen LogP contribution in [0.3, 0.4) is 0 Å². The van der Waals surface area contributed by atoms with Gasteiger partial charge in [0, 0.05) is 17.0 Å². The first kappa shape index (κ1) is 22.2. The normalized spacial score (nSPS) is 10.7. The van der Waals surface area contributed by atoms with Crippen LogP contribution in [0.4, 0.5) is 5.13 Å². The molecule has 0 aliphatic rings. The molecule has 1 N–H and O–H groups in total. The molecular formula is C23H24N2O5S. The zero-order valence-electron chi connectivity index (χ0n) is 17.8. The minimum absolute atomic E-state index is 0.286. The van der Waals surface area contributed by atoms with Gasteiger partial charge >= 0.3 is 0 Å². The summed E-state index contributed by atoms with van der Waals surface area (Å²) in [5.74, 6) is 2.36. The van der Waals surface area contributed by atoms with Gasteiger partial charge in [-0.2, -0.15) is 0 Å². The van der Waals surface area contributed by atoms with E-state index in [1.807, 2.05) is 48.7 Å². The maximum absolute atomic E-state index is 12.3.